The number of primary amides is 1. The summed E-state index contributed by atoms with van der Waals surface area (Å²) in [5, 5.41) is 42.1. The van der Waals surface area contributed by atoms with E-state index in [0.717, 1.165) is 12.1 Å². The van der Waals surface area contributed by atoms with Gasteiger partial charge in [-0.15, -0.1) is 0 Å². The Bertz CT molecular complexity index is 388. The number of phenols is 3. The van der Waals surface area contributed by atoms with Gasteiger partial charge < -0.3 is 31.3 Å². The molecule has 0 fully saturated rings. The minimum Gasteiger partial charge on any atom is -0.504 e. The minimum absolute atomic E-state index is 0.289. The summed E-state index contributed by atoms with van der Waals surface area (Å²) in [6, 6.07) is 1.69. The van der Waals surface area contributed by atoms with Crippen LogP contribution in [-0.4, -0.2) is 37.6 Å². The van der Waals surface area contributed by atoms with Gasteiger partial charge in [-0.25, -0.2) is 9.59 Å². The molecule has 8 nitrogen and oxygen atoms in total. The zero-order chi connectivity index (χ0) is 12.9. The van der Waals surface area contributed by atoms with Gasteiger partial charge in [-0.05, 0) is 12.1 Å². The molecule has 0 aromatic heterocycles. The van der Waals surface area contributed by atoms with Crippen LogP contribution in [-0.2, 0) is 0 Å². The molecule has 0 aliphatic carbocycles. The lowest BCUT2D eigenvalue weighted by Gasteiger charge is -2.01. The third-order valence-corrected chi connectivity index (χ3v) is 1.32. The quantitative estimate of drug-likeness (QED) is 0.374. The smallest absolute Gasteiger partial charge is 0.402 e. The molecule has 7 N–H and O–H groups in total. The monoisotopic (exact) mass is 231 g/mol. The fourth-order valence-electron chi connectivity index (χ4n) is 0.728. The van der Waals surface area contributed by atoms with Crippen molar-refractivity contribution in [1.29, 1.82) is 0 Å². The first kappa shape index (κ1) is 13.4. The normalized spacial score (nSPS) is 8.75. The highest BCUT2D eigenvalue weighted by molar-refractivity contribution is 5.89. The van der Waals surface area contributed by atoms with E-state index in [1.165, 1.54) is 0 Å². The molecule has 16 heavy (non-hydrogen) atoms. The maximum absolute atomic E-state index is 10.3. The molecule has 0 aliphatic heterocycles. The molecule has 0 saturated carbocycles. The number of rotatable bonds is 1. The first-order valence-electron chi connectivity index (χ1n) is 3.72. The third kappa shape index (κ3) is 4.05. The Balaban J connectivity index is 0.000000487. The van der Waals surface area contributed by atoms with E-state index >= 15 is 0 Å². The predicted octanol–water partition coefficient (Wildman–Crippen LogP) is 0.125. The molecule has 0 atom stereocenters. The molecule has 0 saturated heterocycles. The molecule has 1 aromatic rings. The molecular formula is C8H9NO7. The predicted molar refractivity (Wildman–Crippen MR) is 50.6 cm³/mol. The second kappa shape index (κ2) is 5.29. The fourth-order valence-corrected chi connectivity index (χ4v) is 0.728. The van der Waals surface area contributed by atoms with Gasteiger partial charge >= 0.3 is 12.1 Å². The van der Waals surface area contributed by atoms with Crippen LogP contribution in [0.2, 0.25) is 0 Å². The molecule has 0 spiro atoms. The number of phenolic OH excluding ortho intramolecular Hbond substituents is 3. The Morgan fingerprint density at radius 3 is 1.56 bits per heavy atom. The highest BCUT2D eigenvalue weighted by atomic mass is 16.4. The average molecular weight is 231 g/mol. The van der Waals surface area contributed by atoms with Crippen molar-refractivity contribution in [3.8, 4) is 17.2 Å². The van der Waals surface area contributed by atoms with Crippen molar-refractivity contribution in [3.63, 3.8) is 0 Å². The number of amides is 1. The van der Waals surface area contributed by atoms with Gasteiger partial charge in [0, 0.05) is 0 Å². The van der Waals surface area contributed by atoms with Gasteiger partial charge in [0.15, 0.2) is 17.2 Å². The number of aromatic hydroxyl groups is 3. The van der Waals surface area contributed by atoms with Crippen LogP contribution in [0.4, 0.5) is 4.79 Å². The lowest BCUT2D eigenvalue weighted by molar-refractivity contribution is 0.0695. The summed E-state index contributed by atoms with van der Waals surface area (Å²) in [4.78, 5) is 19.1. The first-order chi connectivity index (χ1) is 7.25. The van der Waals surface area contributed by atoms with Crippen LogP contribution in [0, 0.1) is 0 Å². The molecule has 0 aliphatic rings. The fraction of sp³-hybridized carbons (Fsp3) is 0. The van der Waals surface area contributed by atoms with Crippen LogP contribution >= 0.6 is 0 Å². The van der Waals surface area contributed by atoms with Gasteiger partial charge in [-0.3, -0.25) is 0 Å². The summed E-state index contributed by atoms with van der Waals surface area (Å²) in [6.45, 7) is 0. The van der Waals surface area contributed by atoms with Gasteiger partial charge in [-0.2, -0.15) is 0 Å². The van der Waals surface area contributed by atoms with Crippen molar-refractivity contribution in [2.24, 2.45) is 5.73 Å². The molecule has 0 heterocycles. The Labute approximate surface area is 88.8 Å². The van der Waals surface area contributed by atoms with Crippen LogP contribution < -0.4 is 5.73 Å². The Kier molecular flexibility index (Phi) is 4.42. The van der Waals surface area contributed by atoms with Crippen LogP contribution in [0.3, 0.4) is 0 Å². The lowest BCUT2D eigenvalue weighted by Crippen LogP contribution is -2.03. The highest BCUT2D eigenvalue weighted by Crippen LogP contribution is 2.35. The van der Waals surface area contributed by atoms with Crippen LogP contribution in [0.5, 0.6) is 17.2 Å². The number of hydrogen-bond acceptors (Lipinski definition) is 5. The minimum atomic E-state index is -1.33. The number of carboxylic acids is 1. The van der Waals surface area contributed by atoms with Crippen molar-refractivity contribution in [1.82, 2.24) is 0 Å². The topological polar surface area (TPSA) is 161 Å². The Morgan fingerprint density at radius 1 is 1.00 bits per heavy atom. The van der Waals surface area contributed by atoms with E-state index in [2.05, 4.69) is 5.73 Å². The van der Waals surface area contributed by atoms with E-state index in [0.29, 0.717) is 0 Å². The molecule has 1 amide bonds. The second-order valence-electron chi connectivity index (χ2n) is 2.51. The second-order valence-corrected chi connectivity index (χ2v) is 2.51. The highest BCUT2D eigenvalue weighted by Gasteiger charge is 2.11. The molecule has 0 radical (unpaired) electrons. The van der Waals surface area contributed by atoms with Gasteiger partial charge in [-0.1, -0.05) is 0 Å². The number of hydrogen-bond donors (Lipinski definition) is 6. The van der Waals surface area contributed by atoms with Crippen molar-refractivity contribution in [2.75, 3.05) is 0 Å². The van der Waals surface area contributed by atoms with Gasteiger partial charge in [0.1, 0.15) is 0 Å². The standard InChI is InChI=1S/C7H6O5.CH3NO2/c8-4-1-3(7(11)12)2-5(9)6(4)10;2-1(3)4/h1-2,8-10H,(H,11,12);2H2,(H,3,4). The number of carbonyl (C=O) groups is 2. The van der Waals surface area contributed by atoms with Crippen molar-refractivity contribution in [2.45, 2.75) is 0 Å². The number of benzene rings is 1. The number of nitrogens with two attached hydrogens (primary N) is 1. The molecule has 1 aromatic carbocycles. The Morgan fingerprint density at radius 2 is 1.31 bits per heavy atom. The summed E-state index contributed by atoms with van der Waals surface area (Å²) in [5.74, 6) is -3.33. The maximum Gasteiger partial charge on any atom is 0.402 e. The van der Waals surface area contributed by atoms with Crippen LogP contribution in [0.25, 0.3) is 0 Å². The SMILES string of the molecule is NC(=O)O.O=C(O)c1cc(O)c(O)c(O)c1. The van der Waals surface area contributed by atoms with Crippen molar-refractivity contribution < 1.29 is 35.1 Å². The van der Waals surface area contributed by atoms with E-state index in [4.69, 9.17) is 30.3 Å². The Hall–Kier alpha value is -2.64. The van der Waals surface area contributed by atoms with Gasteiger partial charge in [0.2, 0.25) is 0 Å². The van der Waals surface area contributed by atoms with Crippen molar-refractivity contribution in [3.05, 3.63) is 17.7 Å². The lowest BCUT2D eigenvalue weighted by atomic mass is 10.2. The van der Waals surface area contributed by atoms with Crippen molar-refractivity contribution >= 4 is 12.1 Å². The average Bonchev–Trinajstić information content (AvgIpc) is 2.12. The van der Waals surface area contributed by atoms with Gasteiger partial charge in [0.05, 0.1) is 5.56 Å². The van der Waals surface area contributed by atoms with Crippen LogP contribution in [0.1, 0.15) is 10.4 Å². The summed E-state index contributed by atoms with van der Waals surface area (Å²) >= 11 is 0. The number of aromatic carboxylic acids is 1. The van der Waals surface area contributed by atoms with E-state index < -0.39 is 29.3 Å². The summed E-state index contributed by atoms with van der Waals surface area (Å²) in [7, 11) is 0. The van der Waals surface area contributed by atoms with Gasteiger partial charge in [0.25, 0.3) is 0 Å². The zero-order valence-electron chi connectivity index (χ0n) is 7.78. The molecular weight excluding hydrogens is 222 g/mol. The summed E-state index contributed by atoms with van der Waals surface area (Å²) < 4.78 is 0. The largest absolute Gasteiger partial charge is 0.504 e. The van der Waals surface area contributed by atoms with E-state index in [-0.39, 0.29) is 5.56 Å². The summed E-state index contributed by atoms with van der Waals surface area (Å²) in [5.41, 5.74) is 3.74. The molecule has 88 valence electrons. The molecule has 0 bridgehead atoms. The molecule has 0 unspecified atom stereocenters. The van der Waals surface area contributed by atoms with E-state index in [1.807, 2.05) is 0 Å². The zero-order valence-corrected chi connectivity index (χ0v) is 7.78. The van der Waals surface area contributed by atoms with E-state index in [1.54, 1.807) is 0 Å². The summed E-state index contributed by atoms with van der Waals surface area (Å²) in [6.07, 6.45) is -1.33. The molecule has 8 heteroatoms. The number of carboxylic acid groups (broad SMARTS) is 2. The van der Waals surface area contributed by atoms with E-state index in [9.17, 15) is 4.79 Å². The third-order valence-electron chi connectivity index (χ3n) is 1.32. The maximum atomic E-state index is 10.3. The van der Waals surface area contributed by atoms with Crippen LogP contribution in [0.15, 0.2) is 12.1 Å². The molecule has 1 rings (SSSR count). The first-order valence-corrected chi connectivity index (χ1v) is 3.72.